The van der Waals surface area contributed by atoms with Crippen molar-refractivity contribution in [3.63, 3.8) is 0 Å². The van der Waals surface area contributed by atoms with Crippen molar-refractivity contribution in [3.8, 4) is 0 Å². The van der Waals surface area contributed by atoms with Crippen LogP contribution in [0.4, 0.5) is 0 Å². The lowest BCUT2D eigenvalue weighted by atomic mass is 9.94. The van der Waals surface area contributed by atoms with Gasteiger partial charge in [-0.3, -0.25) is 0 Å². The first-order valence-corrected chi connectivity index (χ1v) is 14.1. The predicted octanol–water partition coefficient (Wildman–Crippen LogP) is -7.62. The van der Waals surface area contributed by atoms with Gasteiger partial charge in [0.2, 0.25) is 0 Å². The van der Waals surface area contributed by atoms with Crippen LogP contribution in [-0.2, 0) is 37.9 Å². The van der Waals surface area contributed by atoms with E-state index in [1.165, 1.54) is 0 Å². The molecule has 3 fully saturated rings. The fourth-order valence-corrected chi connectivity index (χ4v) is 4.94. The van der Waals surface area contributed by atoms with E-state index in [1.807, 2.05) is 0 Å². The summed E-state index contributed by atoms with van der Waals surface area (Å²) in [5.74, 6) is 0. The summed E-state index contributed by atoms with van der Waals surface area (Å²) < 4.78 is 45.0. The zero-order chi connectivity index (χ0) is 31.7. The highest BCUT2D eigenvalue weighted by atomic mass is 16.7. The van der Waals surface area contributed by atoms with Gasteiger partial charge in [-0.15, -0.1) is 0 Å². The molecule has 254 valence electrons. The maximum Gasteiger partial charge on any atom is 0.176 e. The number of hydrogen-bond acceptors (Lipinski definition) is 19. The number of aliphatic hydroxyl groups excluding tert-OH is 8. The fourth-order valence-electron chi connectivity index (χ4n) is 4.94. The van der Waals surface area contributed by atoms with Crippen molar-refractivity contribution >= 4 is 0 Å². The minimum absolute atomic E-state index is 0.0467. The molecule has 19 nitrogen and oxygen atoms in total. The van der Waals surface area contributed by atoms with E-state index in [2.05, 4.69) is 0 Å². The first kappa shape index (κ1) is 36.7. The van der Waals surface area contributed by atoms with Crippen LogP contribution in [-0.4, -0.2) is 192 Å². The van der Waals surface area contributed by atoms with Crippen LogP contribution in [0, 0.1) is 0 Å². The molecule has 14 N–H and O–H groups in total. The van der Waals surface area contributed by atoms with Crippen LogP contribution in [0.1, 0.15) is 0 Å². The van der Waals surface area contributed by atoms with Gasteiger partial charge in [0.1, 0.15) is 54.9 Å². The van der Waals surface area contributed by atoms with Crippen molar-refractivity contribution in [1.82, 2.24) is 0 Å². The second kappa shape index (κ2) is 17.8. The monoisotopic (exact) mass is 633 g/mol. The minimum atomic E-state index is -1.55. The topological polar surface area (TPSA) is 314 Å². The number of aliphatic hydroxyl groups is 8. The number of hydrogen-bond donors (Lipinski definition) is 11. The van der Waals surface area contributed by atoms with Crippen LogP contribution in [0.5, 0.6) is 0 Å². The maximum absolute atomic E-state index is 11.3. The van der Waals surface area contributed by atoms with Crippen molar-refractivity contribution in [3.05, 3.63) is 0 Å². The highest BCUT2D eigenvalue weighted by Crippen LogP contribution is 2.31. The van der Waals surface area contributed by atoms with Crippen molar-refractivity contribution < 1.29 is 78.7 Å². The Kier molecular flexibility index (Phi) is 15.2. The Morgan fingerprint density at radius 1 is 0.488 bits per heavy atom. The Morgan fingerprint density at radius 2 is 0.884 bits per heavy atom. The average molecular weight is 634 g/mol. The Hall–Kier alpha value is -0.760. The zero-order valence-electron chi connectivity index (χ0n) is 23.6. The smallest absolute Gasteiger partial charge is 0.176 e. The standard InChI is InChI=1S/C24H47N3O16/c25-13-18(33)20(11(39-22(13)35)8-37-5-2-29)42-24-15(27)19(34)21(12(41-24)9-38-6-3-30)43-23-14(26)17(32)16(31)10(40-23)7-36-4-1-28/h10-24,28-35H,1-9,25-27H2. The molecule has 0 aliphatic carbocycles. The molecule has 0 saturated carbocycles. The Labute approximate surface area is 247 Å². The van der Waals surface area contributed by atoms with E-state index in [9.17, 15) is 30.6 Å². The molecule has 3 aliphatic heterocycles. The summed E-state index contributed by atoms with van der Waals surface area (Å²) in [6.07, 6.45) is -16.2. The van der Waals surface area contributed by atoms with E-state index >= 15 is 0 Å². The van der Waals surface area contributed by atoms with Crippen LogP contribution in [0.25, 0.3) is 0 Å². The molecule has 15 unspecified atom stereocenters. The summed E-state index contributed by atoms with van der Waals surface area (Å²) in [6, 6.07) is -3.88. The molecule has 3 rings (SSSR count). The lowest BCUT2D eigenvalue weighted by Gasteiger charge is -2.49. The molecule has 43 heavy (non-hydrogen) atoms. The van der Waals surface area contributed by atoms with Gasteiger partial charge in [-0.05, 0) is 0 Å². The van der Waals surface area contributed by atoms with Gasteiger partial charge in [-0.25, -0.2) is 0 Å². The zero-order valence-corrected chi connectivity index (χ0v) is 23.6. The third kappa shape index (κ3) is 9.39. The molecule has 0 aromatic carbocycles. The molecule has 3 saturated heterocycles. The second-order valence-electron chi connectivity index (χ2n) is 10.4. The third-order valence-electron chi connectivity index (χ3n) is 7.35. The summed E-state index contributed by atoms with van der Waals surface area (Å²) in [7, 11) is 0. The van der Waals surface area contributed by atoms with Crippen molar-refractivity contribution in [2.45, 2.75) is 91.9 Å². The average Bonchev–Trinajstić information content (AvgIpc) is 2.99. The SMILES string of the molecule is NC1C(OC2C(COCCO)OC(OC3C(COCCO)OC(O)C(N)C3O)C(N)C2O)OC(COCCO)C(O)C1O. The number of nitrogens with two attached hydrogens (primary N) is 3. The highest BCUT2D eigenvalue weighted by Gasteiger charge is 2.52. The molecule has 0 radical (unpaired) electrons. The van der Waals surface area contributed by atoms with Crippen LogP contribution < -0.4 is 17.2 Å². The molecule has 0 spiro atoms. The van der Waals surface area contributed by atoms with Gasteiger partial charge < -0.3 is 95.9 Å². The lowest BCUT2D eigenvalue weighted by Crippen LogP contribution is -2.69. The third-order valence-corrected chi connectivity index (χ3v) is 7.35. The Balaban J connectivity index is 1.77. The summed E-state index contributed by atoms with van der Waals surface area (Å²) in [5.41, 5.74) is 18.2. The van der Waals surface area contributed by atoms with Crippen LogP contribution in [0.15, 0.2) is 0 Å². The van der Waals surface area contributed by atoms with Gasteiger partial charge in [-0.2, -0.15) is 0 Å². The fraction of sp³-hybridized carbons (Fsp3) is 1.00. The number of ether oxygens (including phenoxy) is 8. The molecule has 19 heteroatoms. The van der Waals surface area contributed by atoms with Crippen LogP contribution in [0.2, 0.25) is 0 Å². The summed E-state index contributed by atoms with van der Waals surface area (Å²) in [5, 5.41) is 80.1. The van der Waals surface area contributed by atoms with E-state index in [0.717, 1.165) is 0 Å². The quantitative estimate of drug-likeness (QED) is 0.0703. The van der Waals surface area contributed by atoms with Gasteiger partial charge in [0, 0.05) is 0 Å². The summed E-state index contributed by atoms with van der Waals surface area (Å²) in [4.78, 5) is 0. The summed E-state index contributed by atoms with van der Waals surface area (Å²) >= 11 is 0. The van der Waals surface area contributed by atoms with Crippen molar-refractivity contribution in [2.75, 3.05) is 59.5 Å². The first-order valence-electron chi connectivity index (χ1n) is 14.1. The minimum Gasteiger partial charge on any atom is -0.394 e. The number of rotatable bonds is 16. The highest BCUT2D eigenvalue weighted by molar-refractivity contribution is 4.98. The van der Waals surface area contributed by atoms with Gasteiger partial charge in [-0.1, -0.05) is 0 Å². The second-order valence-corrected chi connectivity index (χ2v) is 10.4. The molecule has 0 amide bonds. The van der Waals surface area contributed by atoms with Gasteiger partial charge in [0.25, 0.3) is 0 Å². The van der Waals surface area contributed by atoms with Crippen LogP contribution in [0.3, 0.4) is 0 Å². The molecule has 0 bridgehead atoms. The largest absolute Gasteiger partial charge is 0.394 e. The van der Waals surface area contributed by atoms with E-state index < -0.39 is 91.9 Å². The normalized spacial score (nSPS) is 44.0. The molecule has 3 heterocycles. The van der Waals surface area contributed by atoms with E-state index in [4.69, 9.17) is 65.3 Å². The van der Waals surface area contributed by atoms with Crippen molar-refractivity contribution in [2.24, 2.45) is 17.2 Å². The van der Waals surface area contributed by atoms with Gasteiger partial charge in [0.15, 0.2) is 18.9 Å². The molecule has 15 atom stereocenters. The Bertz CT molecular complexity index is 793. The predicted molar refractivity (Wildman–Crippen MR) is 140 cm³/mol. The van der Waals surface area contributed by atoms with E-state index in [0.29, 0.717) is 0 Å². The van der Waals surface area contributed by atoms with Crippen LogP contribution >= 0.6 is 0 Å². The maximum atomic E-state index is 11.3. The van der Waals surface area contributed by atoms with E-state index in [1.54, 1.807) is 0 Å². The molecular formula is C24H47N3O16. The van der Waals surface area contributed by atoms with E-state index in [-0.39, 0.29) is 59.5 Å². The Morgan fingerprint density at radius 3 is 1.37 bits per heavy atom. The van der Waals surface area contributed by atoms with Gasteiger partial charge in [0.05, 0.1) is 77.6 Å². The van der Waals surface area contributed by atoms with Crippen molar-refractivity contribution in [1.29, 1.82) is 0 Å². The molecule has 3 aliphatic rings. The lowest BCUT2D eigenvalue weighted by molar-refractivity contribution is -0.349. The molecule has 0 aromatic heterocycles. The summed E-state index contributed by atoms with van der Waals surface area (Å²) in [6.45, 7) is -1.76. The first-order chi connectivity index (χ1) is 20.5. The van der Waals surface area contributed by atoms with Gasteiger partial charge >= 0.3 is 0 Å². The molecular weight excluding hydrogens is 586 g/mol. The molecule has 0 aromatic rings.